The maximum atomic E-state index is 12.5. The number of aliphatic hydroxyl groups excluding tert-OH is 1. The number of carbonyl (C=O) groups excluding carboxylic acids is 1. The number of aliphatic hydroxyl groups is 1. The van der Waals surface area contributed by atoms with Gasteiger partial charge in [0.2, 0.25) is 0 Å². The summed E-state index contributed by atoms with van der Waals surface area (Å²) in [6.45, 7) is 14.5. The fourth-order valence-corrected chi connectivity index (χ4v) is 6.45. The Labute approximate surface area is 140 Å². The minimum Gasteiger partial charge on any atom is -0.393 e. The Hall–Kier alpha value is -0.670. The minimum atomic E-state index is -0.493. The van der Waals surface area contributed by atoms with Crippen LogP contribution in [0.4, 0.5) is 0 Å². The first kappa shape index (κ1) is 17.2. The van der Waals surface area contributed by atoms with Crippen LogP contribution >= 0.6 is 0 Å². The summed E-state index contributed by atoms with van der Waals surface area (Å²) in [5, 5.41) is 11.0. The molecule has 3 aliphatic rings. The van der Waals surface area contributed by atoms with Crippen LogP contribution in [-0.4, -0.2) is 28.2 Å². The molecule has 0 bridgehead atoms. The number of ether oxygens (including phenoxy) is 1. The molecule has 1 saturated heterocycles. The second-order valence-electron chi connectivity index (χ2n) is 9.42. The van der Waals surface area contributed by atoms with Gasteiger partial charge < -0.3 is 9.84 Å². The van der Waals surface area contributed by atoms with Crippen LogP contribution in [0.2, 0.25) is 0 Å². The molecule has 0 aromatic heterocycles. The van der Waals surface area contributed by atoms with E-state index in [9.17, 15) is 9.90 Å². The first-order chi connectivity index (χ1) is 10.5. The van der Waals surface area contributed by atoms with Gasteiger partial charge in [0, 0.05) is 24.2 Å². The summed E-state index contributed by atoms with van der Waals surface area (Å²) in [7, 11) is 0. The smallest absolute Gasteiger partial charge is 0.138 e. The molecule has 3 nitrogen and oxygen atoms in total. The molecule has 2 aliphatic carbocycles. The summed E-state index contributed by atoms with van der Waals surface area (Å²) in [6, 6.07) is 0. The molecular weight excluding hydrogens is 288 g/mol. The van der Waals surface area contributed by atoms with Gasteiger partial charge in [0.25, 0.3) is 0 Å². The third-order valence-electron chi connectivity index (χ3n) is 7.46. The minimum absolute atomic E-state index is 0.0195. The Bertz CT molecular complexity index is 539. The Morgan fingerprint density at radius 3 is 2.48 bits per heavy atom. The average molecular weight is 320 g/mol. The normalized spacial score (nSPS) is 52.4. The Kier molecular flexibility index (Phi) is 3.67. The van der Waals surface area contributed by atoms with Crippen molar-refractivity contribution in [2.24, 2.45) is 22.7 Å². The Balaban J connectivity index is 2.03. The number of carbonyl (C=O) groups is 1. The predicted octanol–water partition coefficient (Wildman–Crippen LogP) is 3.89. The van der Waals surface area contributed by atoms with E-state index in [4.69, 9.17) is 4.74 Å². The lowest BCUT2D eigenvalue weighted by molar-refractivity contribution is -0.273. The molecule has 1 heterocycles. The van der Waals surface area contributed by atoms with E-state index in [1.807, 2.05) is 19.9 Å². The van der Waals surface area contributed by atoms with Crippen LogP contribution in [0.1, 0.15) is 66.7 Å². The second-order valence-corrected chi connectivity index (χ2v) is 9.42. The molecule has 0 spiro atoms. The molecule has 23 heavy (non-hydrogen) atoms. The van der Waals surface area contributed by atoms with Crippen molar-refractivity contribution in [2.45, 2.75) is 84.0 Å². The highest BCUT2D eigenvalue weighted by Gasteiger charge is 2.65. The van der Waals surface area contributed by atoms with Gasteiger partial charge in [-0.3, -0.25) is 4.79 Å². The standard InChI is InChI=1S/C20H32O3/c1-7-18(4)10-8-14-19(5)11-9-15(22)17(2,3)16(19)13(21)12-20(14,6)23-18/h7,13-14,16,21H,1,8-12H2,2-6H3/t13-,14-,16-,18+,19+,20+/m1/s1. The molecule has 0 aromatic rings. The van der Waals surface area contributed by atoms with Crippen molar-refractivity contribution in [1.82, 2.24) is 0 Å². The molecule has 3 fully saturated rings. The van der Waals surface area contributed by atoms with Crippen molar-refractivity contribution in [3.05, 3.63) is 12.7 Å². The van der Waals surface area contributed by atoms with E-state index in [0.717, 1.165) is 19.3 Å². The third kappa shape index (κ3) is 2.26. The highest BCUT2D eigenvalue weighted by Crippen LogP contribution is 2.64. The summed E-state index contributed by atoms with van der Waals surface area (Å²) < 4.78 is 6.53. The summed E-state index contributed by atoms with van der Waals surface area (Å²) in [5.41, 5.74) is -1.16. The first-order valence-corrected chi connectivity index (χ1v) is 9.04. The van der Waals surface area contributed by atoms with Gasteiger partial charge in [0.1, 0.15) is 5.78 Å². The van der Waals surface area contributed by atoms with E-state index < -0.39 is 11.5 Å². The maximum absolute atomic E-state index is 12.5. The largest absolute Gasteiger partial charge is 0.393 e. The van der Waals surface area contributed by atoms with Gasteiger partial charge in [0.05, 0.1) is 17.3 Å². The molecule has 130 valence electrons. The fraction of sp³-hybridized carbons (Fsp3) is 0.850. The van der Waals surface area contributed by atoms with Crippen LogP contribution < -0.4 is 0 Å². The van der Waals surface area contributed by atoms with Crippen molar-refractivity contribution in [1.29, 1.82) is 0 Å². The van der Waals surface area contributed by atoms with E-state index in [1.165, 1.54) is 0 Å². The lowest BCUT2D eigenvalue weighted by Crippen LogP contribution is -2.67. The van der Waals surface area contributed by atoms with Crippen molar-refractivity contribution in [3.63, 3.8) is 0 Å². The third-order valence-corrected chi connectivity index (χ3v) is 7.46. The number of ketones is 1. The highest BCUT2D eigenvalue weighted by molar-refractivity contribution is 5.85. The van der Waals surface area contributed by atoms with Gasteiger partial charge in [-0.2, -0.15) is 0 Å². The summed E-state index contributed by atoms with van der Waals surface area (Å²) in [5.74, 6) is 0.699. The van der Waals surface area contributed by atoms with E-state index in [0.29, 0.717) is 24.5 Å². The summed E-state index contributed by atoms with van der Waals surface area (Å²) >= 11 is 0. The van der Waals surface area contributed by atoms with Gasteiger partial charge in [0.15, 0.2) is 0 Å². The van der Waals surface area contributed by atoms with Crippen LogP contribution in [0.5, 0.6) is 0 Å². The zero-order valence-electron chi connectivity index (χ0n) is 15.3. The van der Waals surface area contributed by atoms with Crippen molar-refractivity contribution < 1.29 is 14.6 Å². The highest BCUT2D eigenvalue weighted by atomic mass is 16.5. The molecule has 2 saturated carbocycles. The SMILES string of the molecule is C=C[C@@]1(C)CC[C@@H]2[C@]3(C)CCC(=O)C(C)(C)[C@H]3[C@H](O)C[C@]2(C)O1. The van der Waals surface area contributed by atoms with Crippen LogP contribution in [0.15, 0.2) is 12.7 Å². The van der Waals surface area contributed by atoms with E-state index in [-0.39, 0.29) is 22.5 Å². The maximum Gasteiger partial charge on any atom is 0.138 e. The molecule has 1 N–H and O–H groups in total. The van der Waals surface area contributed by atoms with E-state index in [1.54, 1.807) is 0 Å². The van der Waals surface area contributed by atoms with Gasteiger partial charge in [-0.1, -0.05) is 26.8 Å². The number of Topliss-reactive ketones (excluding diaryl/α,β-unsaturated/α-hetero) is 1. The number of rotatable bonds is 1. The van der Waals surface area contributed by atoms with Crippen LogP contribution in [0.25, 0.3) is 0 Å². The van der Waals surface area contributed by atoms with Crippen molar-refractivity contribution in [3.8, 4) is 0 Å². The van der Waals surface area contributed by atoms with Gasteiger partial charge in [-0.05, 0) is 44.4 Å². The predicted molar refractivity (Wildman–Crippen MR) is 91.1 cm³/mol. The molecule has 3 rings (SSSR count). The molecule has 0 unspecified atom stereocenters. The number of hydrogen-bond donors (Lipinski definition) is 1. The molecular formula is C20H32O3. The number of fused-ring (bicyclic) bond motifs is 3. The lowest BCUT2D eigenvalue weighted by Gasteiger charge is -2.65. The van der Waals surface area contributed by atoms with Crippen LogP contribution in [-0.2, 0) is 9.53 Å². The van der Waals surface area contributed by atoms with Gasteiger partial charge in [-0.15, -0.1) is 6.58 Å². The lowest BCUT2D eigenvalue weighted by atomic mass is 9.43. The molecule has 0 radical (unpaired) electrons. The molecule has 3 heteroatoms. The number of hydrogen-bond acceptors (Lipinski definition) is 3. The summed E-state index contributed by atoms with van der Waals surface area (Å²) in [6.07, 6.45) is 5.55. The molecule has 0 aromatic carbocycles. The topological polar surface area (TPSA) is 46.5 Å². The van der Waals surface area contributed by atoms with E-state index in [2.05, 4.69) is 27.4 Å². The monoisotopic (exact) mass is 320 g/mol. The Morgan fingerprint density at radius 1 is 1.22 bits per heavy atom. The average Bonchev–Trinajstić information content (AvgIpc) is 2.41. The van der Waals surface area contributed by atoms with Crippen molar-refractivity contribution in [2.75, 3.05) is 0 Å². The van der Waals surface area contributed by atoms with Crippen molar-refractivity contribution >= 4 is 5.78 Å². The van der Waals surface area contributed by atoms with E-state index >= 15 is 0 Å². The van der Waals surface area contributed by atoms with Gasteiger partial charge in [-0.25, -0.2) is 0 Å². The van der Waals surface area contributed by atoms with Crippen LogP contribution in [0, 0.1) is 22.7 Å². The van der Waals surface area contributed by atoms with Crippen LogP contribution in [0.3, 0.4) is 0 Å². The molecule has 6 atom stereocenters. The molecule has 0 amide bonds. The summed E-state index contributed by atoms with van der Waals surface area (Å²) in [4.78, 5) is 12.5. The fourth-order valence-electron chi connectivity index (χ4n) is 6.45. The second kappa shape index (κ2) is 4.92. The quantitative estimate of drug-likeness (QED) is 0.746. The first-order valence-electron chi connectivity index (χ1n) is 9.04. The molecule has 1 aliphatic heterocycles. The van der Waals surface area contributed by atoms with Gasteiger partial charge >= 0.3 is 0 Å². The zero-order valence-corrected chi connectivity index (χ0v) is 15.3. The Morgan fingerprint density at radius 2 is 1.87 bits per heavy atom. The zero-order chi connectivity index (χ0) is 17.3.